The van der Waals surface area contributed by atoms with Gasteiger partial charge in [0, 0.05) is 10.5 Å². The van der Waals surface area contributed by atoms with Crippen molar-refractivity contribution in [3.8, 4) is 0 Å². The van der Waals surface area contributed by atoms with Gasteiger partial charge in [-0.1, -0.05) is 53.2 Å². The van der Waals surface area contributed by atoms with Crippen molar-refractivity contribution in [2.24, 2.45) is 0 Å². The topological polar surface area (TPSA) is 12.0 Å². The Labute approximate surface area is 101 Å². The average molecular weight is 268 g/mol. The first-order chi connectivity index (χ1) is 7.24. The maximum atomic E-state index is 3.53. The highest BCUT2D eigenvalue weighted by Crippen LogP contribution is 2.17. The van der Waals surface area contributed by atoms with Crippen molar-refractivity contribution in [1.29, 1.82) is 0 Å². The van der Waals surface area contributed by atoms with Gasteiger partial charge in [-0.15, -0.1) is 0 Å². The van der Waals surface area contributed by atoms with Crippen LogP contribution < -0.4 is 5.32 Å². The third kappa shape index (κ3) is 4.63. The van der Waals surface area contributed by atoms with Gasteiger partial charge in [0.25, 0.3) is 0 Å². The summed E-state index contributed by atoms with van der Waals surface area (Å²) in [6, 6.07) is 8.67. The van der Waals surface area contributed by atoms with Crippen LogP contribution >= 0.6 is 15.9 Å². The highest BCUT2D eigenvalue weighted by Gasteiger charge is 1.96. The Hall–Kier alpha value is -0.600. The smallest absolute Gasteiger partial charge is 0.0247 e. The van der Waals surface area contributed by atoms with Crippen LogP contribution in [0, 0.1) is 0 Å². The summed E-state index contributed by atoms with van der Waals surface area (Å²) in [4.78, 5) is 0. The molecule has 0 radical (unpaired) electrons. The van der Waals surface area contributed by atoms with Crippen LogP contribution in [0.15, 0.2) is 34.8 Å². The summed E-state index contributed by atoms with van der Waals surface area (Å²) in [5, 5.41) is 3.42. The van der Waals surface area contributed by atoms with E-state index in [4.69, 9.17) is 0 Å². The molecule has 0 aliphatic carbocycles. The van der Waals surface area contributed by atoms with Crippen molar-refractivity contribution in [1.82, 2.24) is 5.32 Å². The van der Waals surface area contributed by atoms with Crippen LogP contribution in [0.25, 0.3) is 6.08 Å². The largest absolute Gasteiger partial charge is 0.311 e. The van der Waals surface area contributed by atoms with E-state index in [2.05, 4.69) is 65.4 Å². The second kappa shape index (κ2) is 6.81. The predicted octanol–water partition coefficient (Wildman–Crippen LogP) is 3.85. The average Bonchev–Trinajstić information content (AvgIpc) is 2.25. The summed E-state index contributed by atoms with van der Waals surface area (Å²) in [6.07, 6.45) is 5.51. The Morgan fingerprint density at radius 3 is 2.80 bits per heavy atom. The van der Waals surface area contributed by atoms with Crippen LogP contribution in [0.2, 0.25) is 0 Å². The Balaban J connectivity index is 2.53. The van der Waals surface area contributed by atoms with Crippen molar-refractivity contribution in [2.45, 2.75) is 26.3 Å². The molecular weight excluding hydrogens is 250 g/mol. The van der Waals surface area contributed by atoms with Gasteiger partial charge >= 0.3 is 0 Å². The molecule has 0 aromatic heterocycles. The first-order valence-corrected chi connectivity index (χ1v) is 6.19. The maximum Gasteiger partial charge on any atom is 0.0247 e. The van der Waals surface area contributed by atoms with E-state index in [1.165, 1.54) is 12.0 Å². The van der Waals surface area contributed by atoms with Gasteiger partial charge in [-0.2, -0.15) is 0 Å². The van der Waals surface area contributed by atoms with E-state index in [1.807, 2.05) is 6.07 Å². The summed E-state index contributed by atoms with van der Waals surface area (Å²) in [6.45, 7) is 5.42. The van der Waals surface area contributed by atoms with E-state index in [0.29, 0.717) is 6.04 Å². The van der Waals surface area contributed by atoms with Crippen LogP contribution in [0.3, 0.4) is 0 Å². The minimum Gasteiger partial charge on any atom is -0.311 e. The zero-order valence-electron chi connectivity index (χ0n) is 9.33. The fourth-order valence-corrected chi connectivity index (χ4v) is 1.72. The zero-order chi connectivity index (χ0) is 11.1. The molecular formula is C13H18BrN. The lowest BCUT2D eigenvalue weighted by Crippen LogP contribution is -2.24. The summed E-state index contributed by atoms with van der Waals surface area (Å²) >= 11 is 3.53. The molecule has 0 saturated heterocycles. The molecule has 1 N–H and O–H groups in total. The second-order valence-corrected chi connectivity index (χ2v) is 4.48. The third-order valence-corrected chi connectivity index (χ3v) is 2.91. The number of nitrogens with one attached hydrogen (secondary N) is 1. The molecule has 1 unspecified atom stereocenters. The maximum absolute atomic E-state index is 3.53. The van der Waals surface area contributed by atoms with Gasteiger partial charge in [0.1, 0.15) is 0 Å². The molecule has 0 aliphatic rings. The molecule has 2 heteroatoms. The van der Waals surface area contributed by atoms with Crippen LogP contribution in [0.1, 0.15) is 25.8 Å². The molecule has 0 bridgehead atoms. The first-order valence-electron chi connectivity index (χ1n) is 5.40. The van der Waals surface area contributed by atoms with Gasteiger partial charge in [-0.25, -0.2) is 0 Å². The minimum absolute atomic E-state index is 0.428. The van der Waals surface area contributed by atoms with Crippen LogP contribution in [-0.2, 0) is 0 Å². The van der Waals surface area contributed by atoms with Crippen molar-refractivity contribution >= 4 is 22.0 Å². The van der Waals surface area contributed by atoms with Crippen molar-refractivity contribution < 1.29 is 0 Å². The van der Waals surface area contributed by atoms with E-state index in [-0.39, 0.29) is 0 Å². The molecule has 1 rings (SSSR count). The van der Waals surface area contributed by atoms with Gasteiger partial charge in [-0.05, 0) is 31.5 Å². The van der Waals surface area contributed by atoms with Gasteiger partial charge < -0.3 is 5.32 Å². The van der Waals surface area contributed by atoms with Crippen molar-refractivity contribution in [2.75, 3.05) is 6.54 Å². The summed E-state index contributed by atoms with van der Waals surface area (Å²) in [7, 11) is 0. The molecule has 82 valence electrons. The Kier molecular flexibility index (Phi) is 5.66. The highest BCUT2D eigenvalue weighted by atomic mass is 79.9. The number of hydrogen-bond acceptors (Lipinski definition) is 1. The molecule has 1 atom stereocenters. The Bertz CT molecular complexity index is 320. The normalized spacial score (nSPS) is 13.3. The summed E-state index contributed by atoms with van der Waals surface area (Å²) in [5.74, 6) is 0. The number of benzene rings is 1. The monoisotopic (exact) mass is 267 g/mol. The van der Waals surface area contributed by atoms with Crippen molar-refractivity contribution in [3.63, 3.8) is 0 Å². The Morgan fingerprint density at radius 2 is 2.13 bits per heavy atom. The molecule has 1 aromatic rings. The van der Waals surface area contributed by atoms with Gasteiger partial charge in [0.15, 0.2) is 0 Å². The highest BCUT2D eigenvalue weighted by molar-refractivity contribution is 9.10. The fraction of sp³-hybridized carbons (Fsp3) is 0.385. The number of hydrogen-bond donors (Lipinski definition) is 1. The quantitative estimate of drug-likeness (QED) is 0.855. The fourth-order valence-electron chi connectivity index (χ4n) is 1.30. The molecule has 0 saturated carbocycles. The van der Waals surface area contributed by atoms with Gasteiger partial charge in [0.05, 0.1) is 0 Å². The zero-order valence-corrected chi connectivity index (χ0v) is 10.9. The second-order valence-electron chi connectivity index (χ2n) is 3.62. The molecule has 0 spiro atoms. The lowest BCUT2D eigenvalue weighted by molar-refractivity contribution is 0.625. The Morgan fingerprint density at radius 1 is 1.40 bits per heavy atom. The van der Waals surface area contributed by atoms with E-state index in [0.717, 1.165) is 11.0 Å². The standard InChI is InChI=1S/C13H18BrN/c1-3-10-15-11(2)8-9-12-6-4-5-7-13(12)14/h4-9,11,15H,3,10H2,1-2H3/b9-8+. The molecule has 0 amide bonds. The van der Waals surface area contributed by atoms with Gasteiger partial charge in [-0.3, -0.25) is 0 Å². The van der Waals surface area contributed by atoms with Crippen LogP contribution in [-0.4, -0.2) is 12.6 Å². The van der Waals surface area contributed by atoms with E-state index in [9.17, 15) is 0 Å². The number of rotatable bonds is 5. The van der Waals surface area contributed by atoms with Gasteiger partial charge in [0.2, 0.25) is 0 Å². The van der Waals surface area contributed by atoms with Crippen LogP contribution in [0.5, 0.6) is 0 Å². The molecule has 15 heavy (non-hydrogen) atoms. The van der Waals surface area contributed by atoms with E-state index >= 15 is 0 Å². The van der Waals surface area contributed by atoms with E-state index < -0.39 is 0 Å². The summed E-state index contributed by atoms with van der Waals surface area (Å²) < 4.78 is 1.14. The molecule has 0 heterocycles. The first kappa shape index (κ1) is 12.5. The lowest BCUT2D eigenvalue weighted by atomic mass is 10.2. The molecule has 0 aliphatic heterocycles. The molecule has 1 nitrogen and oxygen atoms in total. The number of halogens is 1. The predicted molar refractivity (Wildman–Crippen MR) is 70.9 cm³/mol. The van der Waals surface area contributed by atoms with E-state index in [1.54, 1.807) is 0 Å². The minimum atomic E-state index is 0.428. The third-order valence-electron chi connectivity index (χ3n) is 2.19. The summed E-state index contributed by atoms with van der Waals surface area (Å²) in [5.41, 5.74) is 1.22. The molecule has 1 aromatic carbocycles. The SMILES string of the molecule is CCCNC(C)/C=C/c1ccccc1Br. The van der Waals surface area contributed by atoms with Crippen LogP contribution in [0.4, 0.5) is 0 Å². The van der Waals surface area contributed by atoms with Crippen molar-refractivity contribution in [3.05, 3.63) is 40.4 Å². The lowest BCUT2D eigenvalue weighted by Gasteiger charge is -2.07. The molecule has 0 fully saturated rings.